The van der Waals surface area contributed by atoms with E-state index >= 15 is 0 Å². The third-order valence-electron chi connectivity index (χ3n) is 7.68. The van der Waals surface area contributed by atoms with Gasteiger partial charge in [0.2, 0.25) is 0 Å². The zero-order valence-electron chi connectivity index (χ0n) is 28.7. The van der Waals surface area contributed by atoms with Gasteiger partial charge < -0.3 is 20.1 Å². The van der Waals surface area contributed by atoms with Crippen molar-refractivity contribution >= 4 is 13.8 Å². The van der Waals surface area contributed by atoms with E-state index in [2.05, 4.69) is 26.0 Å². The van der Waals surface area contributed by atoms with Gasteiger partial charge in [0, 0.05) is 19.6 Å². The number of esters is 1. The zero-order chi connectivity index (χ0) is 32.4. The highest BCUT2D eigenvalue weighted by molar-refractivity contribution is 7.47. The van der Waals surface area contributed by atoms with Gasteiger partial charge in [-0.25, -0.2) is 4.57 Å². The van der Waals surface area contributed by atoms with Gasteiger partial charge in [-0.2, -0.15) is 0 Å². The second-order valence-electron chi connectivity index (χ2n) is 12.1. The molecular weight excluding hydrogens is 577 g/mol. The van der Waals surface area contributed by atoms with Crippen LogP contribution in [0.1, 0.15) is 168 Å². The van der Waals surface area contributed by atoms with E-state index in [1.54, 1.807) is 0 Å². The predicted octanol–water partition coefficient (Wildman–Crippen LogP) is 9.97. The molecule has 0 heterocycles. The number of phosphoric acid groups is 1. The number of hydrogen-bond donors (Lipinski definition) is 2. The standard InChI is InChI=1S/C35H70NO7P/c1-3-5-7-9-11-13-15-17-18-20-22-24-26-28-35(37)43-34(33-42-44(38,39)41-31-29-36)32-40-30-27-25-23-21-19-16-14-12-10-8-6-4-2/h10,12,34H,3-9,11,13-33,36H2,1-2H3,(H,38,39)/b12-10-. The number of ether oxygens (including phenoxy) is 2. The number of carbonyl (C=O) groups excluding carboxylic acids is 1. The zero-order valence-corrected chi connectivity index (χ0v) is 29.6. The van der Waals surface area contributed by atoms with Crippen LogP contribution in [0, 0.1) is 0 Å². The molecule has 9 heteroatoms. The van der Waals surface area contributed by atoms with Crippen molar-refractivity contribution in [3.05, 3.63) is 12.2 Å². The fraction of sp³-hybridized carbons (Fsp3) is 0.914. The SMILES string of the molecule is CCCC/C=C\CCCCCCCCOCC(COP(=O)(O)OCCN)OC(=O)CCCCCCCCCCCCCCC. The molecule has 0 bridgehead atoms. The maximum atomic E-state index is 12.5. The molecule has 0 aromatic heterocycles. The van der Waals surface area contributed by atoms with Crippen LogP contribution in [-0.2, 0) is 27.9 Å². The Kier molecular flexibility index (Phi) is 33.0. The molecule has 0 fully saturated rings. The Morgan fingerprint density at radius 2 is 1.16 bits per heavy atom. The summed E-state index contributed by atoms with van der Waals surface area (Å²) in [7, 11) is -4.26. The quantitative estimate of drug-likeness (QED) is 0.0302. The number of hydrogen-bond acceptors (Lipinski definition) is 7. The summed E-state index contributed by atoms with van der Waals surface area (Å²) in [4.78, 5) is 22.3. The van der Waals surface area contributed by atoms with Gasteiger partial charge in [0.15, 0.2) is 0 Å². The molecule has 0 radical (unpaired) electrons. The summed E-state index contributed by atoms with van der Waals surface area (Å²) in [6.07, 6.45) is 32.1. The van der Waals surface area contributed by atoms with Crippen LogP contribution in [0.25, 0.3) is 0 Å². The van der Waals surface area contributed by atoms with Crippen LogP contribution in [-0.4, -0.2) is 49.9 Å². The Morgan fingerprint density at radius 3 is 1.73 bits per heavy atom. The van der Waals surface area contributed by atoms with E-state index in [-0.39, 0.29) is 32.3 Å². The summed E-state index contributed by atoms with van der Waals surface area (Å²) in [5.41, 5.74) is 5.34. The largest absolute Gasteiger partial charge is 0.472 e. The van der Waals surface area contributed by atoms with E-state index in [1.165, 1.54) is 116 Å². The molecule has 2 unspecified atom stereocenters. The average molecular weight is 648 g/mol. The minimum absolute atomic E-state index is 0.0938. The molecule has 0 saturated heterocycles. The lowest BCUT2D eigenvalue weighted by atomic mass is 10.0. The van der Waals surface area contributed by atoms with Crippen molar-refractivity contribution in [2.75, 3.05) is 33.0 Å². The van der Waals surface area contributed by atoms with E-state index in [0.717, 1.165) is 32.1 Å². The van der Waals surface area contributed by atoms with Crippen LogP contribution in [0.3, 0.4) is 0 Å². The van der Waals surface area contributed by atoms with Crippen LogP contribution in [0.15, 0.2) is 12.2 Å². The van der Waals surface area contributed by atoms with Crippen molar-refractivity contribution in [1.29, 1.82) is 0 Å². The van der Waals surface area contributed by atoms with E-state index in [9.17, 15) is 14.3 Å². The minimum atomic E-state index is -4.26. The molecule has 0 aromatic rings. The first kappa shape index (κ1) is 43.2. The molecular formula is C35H70NO7P. The summed E-state index contributed by atoms with van der Waals surface area (Å²) in [5.74, 6) is -0.332. The van der Waals surface area contributed by atoms with Gasteiger partial charge in [0.1, 0.15) is 6.10 Å². The molecule has 0 aromatic carbocycles. The van der Waals surface area contributed by atoms with Gasteiger partial charge in [0.25, 0.3) is 0 Å². The first-order valence-corrected chi connectivity index (χ1v) is 19.7. The first-order chi connectivity index (χ1) is 21.4. The van der Waals surface area contributed by atoms with Crippen molar-refractivity contribution in [3.8, 4) is 0 Å². The third kappa shape index (κ3) is 32.6. The van der Waals surface area contributed by atoms with Gasteiger partial charge in [-0.15, -0.1) is 0 Å². The van der Waals surface area contributed by atoms with Crippen molar-refractivity contribution in [3.63, 3.8) is 0 Å². The summed E-state index contributed by atoms with van der Waals surface area (Å²) in [6.45, 7) is 4.88. The Balaban J connectivity index is 4.10. The molecule has 262 valence electrons. The van der Waals surface area contributed by atoms with Crippen molar-refractivity contribution in [1.82, 2.24) is 0 Å². The summed E-state index contributed by atoms with van der Waals surface area (Å²) in [6, 6.07) is 0. The lowest BCUT2D eigenvalue weighted by Crippen LogP contribution is -2.28. The molecule has 44 heavy (non-hydrogen) atoms. The van der Waals surface area contributed by atoms with E-state index in [1.807, 2.05) is 0 Å². The average Bonchev–Trinajstić information content (AvgIpc) is 3.01. The number of carbonyl (C=O) groups is 1. The molecule has 0 rings (SSSR count). The van der Waals surface area contributed by atoms with Crippen LogP contribution >= 0.6 is 7.82 Å². The van der Waals surface area contributed by atoms with Gasteiger partial charge in [-0.05, 0) is 32.1 Å². The molecule has 0 aliphatic carbocycles. The molecule has 0 aliphatic heterocycles. The smallest absolute Gasteiger partial charge is 0.457 e. The highest BCUT2D eigenvalue weighted by Gasteiger charge is 2.25. The Morgan fingerprint density at radius 1 is 0.659 bits per heavy atom. The van der Waals surface area contributed by atoms with Gasteiger partial charge in [0.05, 0.1) is 19.8 Å². The number of rotatable bonds is 35. The predicted molar refractivity (Wildman–Crippen MR) is 183 cm³/mol. The number of phosphoric ester groups is 1. The number of nitrogens with two attached hydrogens (primary N) is 1. The normalized spacial score (nSPS) is 13.8. The monoisotopic (exact) mass is 647 g/mol. The summed E-state index contributed by atoms with van der Waals surface area (Å²) < 4.78 is 33.2. The molecule has 8 nitrogen and oxygen atoms in total. The number of allylic oxidation sites excluding steroid dienone is 2. The van der Waals surface area contributed by atoms with Crippen molar-refractivity contribution in [2.45, 2.75) is 174 Å². The van der Waals surface area contributed by atoms with E-state index < -0.39 is 13.9 Å². The first-order valence-electron chi connectivity index (χ1n) is 18.2. The lowest BCUT2D eigenvalue weighted by molar-refractivity contribution is -0.154. The van der Waals surface area contributed by atoms with Crippen molar-refractivity contribution < 1.29 is 32.8 Å². The summed E-state index contributed by atoms with van der Waals surface area (Å²) >= 11 is 0. The summed E-state index contributed by atoms with van der Waals surface area (Å²) in [5, 5.41) is 0. The van der Waals surface area contributed by atoms with Gasteiger partial charge in [-0.1, -0.05) is 142 Å². The molecule has 2 atom stereocenters. The van der Waals surface area contributed by atoms with Crippen LogP contribution in [0.2, 0.25) is 0 Å². The van der Waals surface area contributed by atoms with E-state index in [4.69, 9.17) is 24.3 Å². The molecule has 0 saturated carbocycles. The van der Waals surface area contributed by atoms with E-state index in [0.29, 0.717) is 13.0 Å². The molecule has 0 amide bonds. The van der Waals surface area contributed by atoms with Gasteiger partial charge >= 0.3 is 13.8 Å². The third-order valence-corrected chi connectivity index (χ3v) is 8.67. The topological polar surface area (TPSA) is 117 Å². The fourth-order valence-electron chi connectivity index (χ4n) is 4.98. The Hall–Kier alpha value is -0.760. The molecule has 0 spiro atoms. The lowest BCUT2D eigenvalue weighted by Gasteiger charge is -2.20. The number of unbranched alkanes of at least 4 members (excludes halogenated alkanes) is 20. The van der Waals surface area contributed by atoms with Gasteiger partial charge in [-0.3, -0.25) is 13.8 Å². The molecule has 0 aliphatic rings. The second-order valence-corrected chi connectivity index (χ2v) is 13.5. The maximum absolute atomic E-state index is 12.5. The van der Waals surface area contributed by atoms with Crippen LogP contribution < -0.4 is 5.73 Å². The maximum Gasteiger partial charge on any atom is 0.472 e. The Bertz CT molecular complexity index is 692. The highest BCUT2D eigenvalue weighted by Crippen LogP contribution is 2.43. The van der Waals surface area contributed by atoms with Crippen molar-refractivity contribution in [2.24, 2.45) is 5.73 Å². The minimum Gasteiger partial charge on any atom is -0.457 e. The Labute approximate surface area is 271 Å². The highest BCUT2D eigenvalue weighted by atomic mass is 31.2. The molecule has 3 N–H and O–H groups in total. The fourth-order valence-corrected chi connectivity index (χ4v) is 5.74. The second kappa shape index (κ2) is 33.6. The van der Waals surface area contributed by atoms with Crippen LogP contribution in [0.4, 0.5) is 0 Å². The van der Waals surface area contributed by atoms with Crippen LogP contribution in [0.5, 0.6) is 0 Å².